The summed E-state index contributed by atoms with van der Waals surface area (Å²) in [6, 6.07) is 7.54. The van der Waals surface area contributed by atoms with Crippen LogP contribution in [0.15, 0.2) is 24.3 Å². The number of nitrogens with one attached hydrogen (secondary N) is 2. The van der Waals surface area contributed by atoms with Gasteiger partial charge in [0.2, 0.25) is 0 Å². The van der Waals surface area contributed by atoms with Gasteiger partial charge in [0.1, 0.15) is 0 Å². The van der Waals surface area contributed by atoms with Gasteiger partial charge in [0.05, 0.1) is 0 Å². The van der Waals surface area contributed by atoms with Crippen LogP contribution in [0.25, 0.3) is 0 Å². The van der Waals surface area contributed by atoms with E-state index in [9.17, 15) is 9.59 Å². The number of carbonyl (C=O) groups is 2. The molecule has 1 aromatic rings. The normalized spacial score (nSPS) is 11.8. The predicted molar refractivity (Wildman–Crippen MR) is 90.8 cm³/mol. The molecule has 22 heavy (non-hydrogen) atoms. The smallest absolute Gasteiger partial charge is 0.313 e. The van der Waals surface area contributed by atoms with E-state index in [1.54, 1.807) is 0 Å². The molecule has 1 rings (SSSR count). The SMILES string of the molecule is CCCC[C@@H](CC)CNC(=O)C(=O)Nc1ccc(CC)cc1. The molecule has 0 bridgehead atoms. The standard InChI is InChI=1S/C18H28N2O2/c1-4-7-8-15(6-3)13-19-17(21)18(22)20-16-11-9-14(5-2)10-12-16/h9-12,15H,4-8,13H2,1-3H3,(H,19,21)(H,20,22)/t15-/m1/s1. The maximum atomic E-state index is 11.9. The lowest BCUT2D eigenvalue weighted by Crippen LogP contribution is -2.38. The summed E-state index contributed by atoms with van der Waals surface area (Å²) in [4.78, 5) is 23.7. The molecule has 0 spiro atoms. The van der Waals surface area contributed by atoms with Gasteiger partial charge in [-0.2, -0.15) is 0 Å². The van der Waals surface area contributed by atoms with Gasteiger partial charge < -0.3 is 10.6 Å². The zero-order valence-corrected chi connectivity index (χ0v) is 13.9. The van der Waals surface area contributed by atoms with Crippen molar-refractivity contribution in [2.75, 3.05) is 11.9 Å². The second-order valence-corrected chi connectivity index (χ2v) is 5.63. The maximum absolute atomic E-state index is 11.9. The first-order valence-electron chi connectivity index (χ1n) is 8.28. The summed E-state index contributed by atoms with van der Waals surface area (Å²) in [6.07, 6.45) is 5.36. The van der Waals surface area contributed by atoms with Gasteiger partial charge in [-0.3, -0.25) is 9.59 Å². The van der Waals surface area contributed by atoms with Gasteiger partial charge in [-0.15, -0.1) is 0 Å². The first-order valence-corrected chi connectivity index (χ1v) is 8.28. The van der Waals surface area contributed by atoms with Crippen LogP contribution in [0, 0.1) is 5.92 Å². The Balaban J connectivity index is 2.42. The first-order chi connectivity index (χ1) is 10.6. The summed E-state index contributed by atoms with van der Waals surface area (Å²) in [5.41, 5.74) is 1.85. The van der Waals surface area contributed by atoms with Crippen molar-refractivity contribution in [2.45, 2.75) is 52.9 Å². The van der Waals surface area contributed by atoms with Gasteiger partial charge >= 0.3 is 11.8 Å². The molecular weight excluding hydrogens is 276 g/mol. The molecule has 0 saturated heterocycles. The lowest BCUT2D eigenvalue weighted by molar-refractivity contribution is -0.136. The molecular formula is C18H28N2O2. The minimum Gasteiger partial charge on any atom is -0.348 e. The van der Waals surface area contributed by atoms with Crippen molar-refractivity contribution in [1.29, 1.82) is 0 Å². The molecule has 0 aliphatic rings. The highest BCUT2D eigenvalue weighted by atomic mass is 16.2. The summed E-state index contributed by atoms with van der Waals surface area (Å²) in [6.45, 7) is 6.91. The molecule has 2 N–H and O–H groups in total. The third kappa shape index (κ3) is 6.29. The van der Waals surface area contributed by atoms with Crippen LogP contribution in [0.5, 0.6) is 0 Å². The molecule has 2 amide bonds. The Morgan fingerprint density at radius 3 is 2.27 bits per heavy atom. The quantitative estimate of drug-likeness (QED) is 0.722. The highest BCUT2D eigenvalue weighted by Gasteiger charge is 2.15. The fourth-order valence-electron chi connectivity index (χ4n) is 2.27. The molecule has 0 unspecified atom stereocenters. The molecule has 1 atom stereocenters. The van der Waals surface area contributed by atoms with Crippen LogP contribution in [0.4, 0.5) is 5.69 Å². The topological polar surface area (TPSA) is 58.2 Å². The fraction of sp³-hybridized carbons (Fsp3) is 0.556. The predicted octanol–water partition coefficient (Wildman–Crippen LogP) is 3.52. The number of aryl methyl sites for hydroxylation is 1. The minimum atomic E-state index is -0.602. The van der Waals surface area contributed by atoms with Gasteiger partial charge in [-0.1, -0.05) is 52.2 Å². The third-order valence-electron chi connectivity index (χ3n) is 3.92. The molecule has 122 valence electrons. The van der Waals surface area contributed by atoms with Crippen molar-refractivity contribution >= 4 is 17.5 Å². The Bertz CT molecular complexity index is 468. The Labute approximate surface area is 133 Å². The van der Waals surface area contributed by atoms with E-state index in [0.29, 0.717) is 18.2 Å². The summed E-state index contributed by atoms with van der Waals surface area (Å²) < 4.78 is 0. The second kappa shape index (κ2) is 9.98. The molecule has 0 fully saturated rings. The number of hydrogen-bond donors (Lipinski definition) is 2. The maximum Gasteiger partial charge on any atom is 0.313 e. The molecule has 4 heteroatoms. The van der Waals surface area contributed by atoms with Gasteiger partial charge in [-0.05, 0) is 36.5 Å². The number of anilines is 1. The second-order valence-electron chi connectivity index (χ2n) is 5.63. The van der Waals surface area contributed by atoms with E-state index in [1.807, 2.05) is 24.3 Å². The van der Waals surface area contributed by atoms with Crippen LogP contribution >= 0.6 is 0 Å². The third-order valence-corrected chi connectivity index (χ3v) is 3.92. The number of carbonyl (C=O) groups excluding carboxylic acids is 2. The first kappa shape index (κ1) is 18.2. The van der Waals surface area contributed by atoms with Crippen LogP contribution in [-0.2, 0) is 16.0 Å². The van der Waals surface area contributed by atoms with Crippen molar-refractivity contribution in [2.24, 2.45) is 5.92 Å². The van der Waals surface area contributed by atoms with E-state index >= 15 is 0 Å². The van der Waals surface area contributed by atoms with Gasteiger partial charge in [0.15, 0.2) is 0 Å². The van der Waals surface area contributed by atoms with Crippen molar-refractivity contribution < 1.29 is 9.59 Å². The van der Waals surface area contributed by atoms with E-state index in [4.69, 9.17) is 0 Å². The Morgan fingerprint density at radius 1 is 1.05 bits per heavy atom. The van der Waals surface area contributed by atoms with Crippen molar-refractivity contribution in [3.63, 3.8) is 0 Å². The average molecular weight is 304 g/mol. The summed E-state index contributed by atoms with van der Waals surface area (Å²) >= 11 is 0. The van der Waals surface area contributed by atoms with Crippen molar-refractivity contribution in [3.05, 3.63) is 29.8 Å². The van der Waals surface area contributed by atoms with Gasteiger partial charge in [-0.25, -0.2) is 0 Å². The van der Waals surface area contributed by atoms with E-state index in [2.05, 4.69) is 31.4 Å². The van der Waals surface area contributed by atoms with Gasteiger partial charge in [0, 0.05) is 12.2 Å². The fourth-order valence-corrected chi connectivity index (χ4v) is 2.27. The van der Waals surface area contributed by atoms with Crippen LogP contribution in [0.3, 0.4) is 0 Å². The largest absolute Gasteiger partial charge is 0.348 e. The highest BCUT2D eigenvalue weighted by molar-refractivity contribution is 6.39. The van der Waals surface area contributed by atoms with Crippen LogP contribution in [0.1, 0.15) is 52.0 Å². The zero-order valence-electron chi connectivity index (χ0n) is 13.9. The summed E-state index contributed by atoms with van der Waals surface area (Å²) in [5, 5.41) is 5.36. The summed E-state index contributed by atoms with van der Waals surface area (Å²) in [7, 11) is 0. The lowest BCUT2D eigenvalue weighted by Gasteiger charge is -2.15. The van der Waals surface area contributed by atoms with Crippen molar-refractivity contribution in [1.82, 2.24) is 5.32 Å². The lowest BCUT2D eigenvalue weighted by atomic mass is 9.99. The van der Waals surface area contributed by atoms with E-state index in [-0.39, 0.29) is 0 Å². The highest BCUT2D eigenvalue weighted by Crippen LogP contribution is 2.12. The van der Waals surface area contributed by atoms with Crippen LogP contribution in [0.2, 0.25) is 0 Å². The molecule has 0 heterocycles. The molecule has 1 aromatic carbocycles. The minimum absolute atomic E-state index is 0.445. The molecule has 0 aliphatic heterocycles. The van der Waals surface area contributed by atoms with Crippen LogP contribution < -0.4 is 10.6 Å². The zero-order chi connectivity index (χ0) is 16.4. The molecule has 0 aromatic heterocycles. The number of rotatable bonds is 8. The van der Waals surface area contributed by atoms with E-state index in [0.717, 1.165) is 32.1 Å². The van der Waals surface area contributed by atoms with Crippen LogP contribution in [-0.4, -0.2) is 18.4 Å². The number of benzene rings is 1. The van der Waals surface area contributed by atoms with E-state index < -0.39 is 11.8 Å². The van der Waals surface area contributed by atoms with E-state index in [1.165, 1.54) is 5.56 Å². The molecule has 0 aliphatic carbocycles. The Morgan fingerprint density at radius 2 is 1.73 bits per heavy atom. The van der Waals surface area contributed by atoms with Crippen molar-refractivity contribution in [3.8, 4) is 0 Å². The van der Waals surface area contributed by atoms with Gasteiger partial charge in [0.25, 0.3) is 0 Å². The average Bonchev–Trinajstić information content (AvgIpc) is 2.55. The molecule has 0 radical (unpaired) electrons. The number of hydrogen-bond acceptors (Lipinski definition) is 2. The Kier molecular flexibility index (Phi) is 8.26. The molecule has 4 nitrogen and oxygen atoms in total. The number of unbranched alkanes of at least 4 members (excludes halogenated alkanes) is 1. The summed E-state index contributed by atoms with van der Waals surface area (Å²) in [5.74, 6) is -0.718. The Hall–Kier alpha value is -1.84. The molecule has 0 saturated carbocycles. The number of amides is 2. The monoisotopic (exact) mass is 304 g/mol.